The monoisotopic (exact) mass is 561 g/mol. The number of likely N-dealkylation sites (tertiary alicyclic amines) is 1. The van der Waals surface area contributed by atoms with E-state index >= 15 is 0 Å². The Balaban J connectivity index is 0.00000189. The van der Waals surface area contributed by atoms with Crippen LogP contribution in [0.25, 0.3) is 11.4 Å². The normalized spacial score (nSPS) is 15.1. The van der Waals surface area contributed by atoms with Crippen molar-refractivity contribution in [3.63, 3.8) is 0 Å². The van der Waals surface area contributed by atoms with Crippen LogP contribution >= 0.6 is 0 Å². The Morgan fingerprint density at radius 1 is 1.15 bits per heavy atom. The van der Waals surface area contributed by atoms with E-state index in [4.69, 9.17) is 10.5 Å². The van der Waals surface area contributed by atoms with Gasteiger partial charge in [0, 0.05) is 32.0 Å². The molecule has 1 aromatic carbocycles. The minimum absolute atomic E-state index is 0.135. The number of benzene rings is 1. The standard InChI is InChI=1S/C26H33N11O2.C2H6/c1-35-11-5-4-7-18(35)10-12-37-15-17(13-30-37)31-26-28-14-20(23(27)38)25(33-26)32-21-9-6-8-19(22(21)39-3)24-29-16-36(2)34-24;1-2/h6,8-9,13-16,18H,4-5,7,10-12H2,1-3H3,(H2,27,38)(H2,28,31,32,33);1-2H3. The first kappa shape index (κ1) is 29.5. The van der Waals surface area contributed by atoms with Gasteiger partial charge in [-0.25, -0.2) is 9.97 Å². The molecule has 0 aliphatic carbocycles. The van der Waals surface area contributed by atoms with Crippen molar-refractivity contribution >= 4 is 29.0 Å². The molecule has 13 nitrogen and oxygen atoms in total. The van der Waals surface area contributed by atoms with Gasteiger partial charge in [-0.15, -0.1) is 0 Å². The average Bonchev–Trinajstić information content (AvgIpc) is 3.62. The van der Waals surface area contributed by atoms with E-state index < -0.39 is 5.91 Å². The molecule has 1 unspecified atom stereocenters. The van der Waals surface area contributed by atoms with Gasteiger partial charge >= 0.3 is 0 Å². The fourth-order valence-corrected chi connectivity index (χ4v) is 4.81. The van der Waals surface area contributed by atoms with Crippen LogP contribution in [0.2, 0.25) is 0 Å². The number of carbonyl (C=O) groups is 1. The second-order valence-electron chi connectivity index (χ2n) is 9.61. The number of nitrogens with one attached hydrogen (secondary N) is 2. The molecule has 0 bridgehead atoms. The molecular weight excluding hydrogens is 522 g/mol. The zero-order chi connectivity index (χ0) is 29.4. The molecule has 0 spiro atoms. The van der Waals surface area contributed by atoms with Crippen LogP contribution in [0.4, 0.5) is 23.1 Å². The number of piperidine rings is 1. The second kappa shape index (κ2) is 13.7. The number of para-hydroxylation sites is 1. The Morgan fingerprint density at radius 2 is 1.98 bits per heavy atom. The van der Waals surface area contributed by atoms with Gasteiger partial charge in [0.2, 0.25) is 5.95 Å². The number of aromatic nitrogens is 7. The van der Waals surface area contributed by atoms with Crippen molar-refractivity contribution in [2.75, 3.05) is 31.3 Å². The summed E-state index contributed by atoms with van der Waals surface area (Å²) in [6.07, 6.45) is 11.5. The van der Waals surface area contributed by atoms with E-state index in [9.17, 15) is 4.79 Å². The lowest BCUT2D eigenvalue weighted by Crippen LogP contribution is -2.36. The third-order valence-electron chi connectivity index (χ3n) is 6.87. The Morgan fingerprint density at radius 3 is 2.68 bits per heavy atom. The third kappa shape index (κ3) is 7.17. The number of carbonyl (C=O) groups excluding carboxylic acids is 1. The van der Waals surface area contributed by atoms with Crippen molar-refractivity contribution in [1.82, 2.24) is 39.4 Å². The van der Waals surface area contributed by atoms with E-state index in [1.54, 1.807) is 37.4 Å². The number of hydrogen-bond donors (Lipinski definition) is 3. The number of nitrogens with two attached hydrogens (primary N) is 1. The molecule has 1 aliphatic heterocycles. The molecular formula is C28H39N11O2. The predicted molar refractivity (Wildman–Crippen MR) is 159 cm³/mol. The number of aryl methyl sites for hydroxylation is 2. The SMILES string of the molecule is CC.COc1c(Nc2nc(Nc3cnn(CCC4CCCCN4C)c3)ncc2C(N)=O)cccc1-c1ncn(C)n1. The lowest BCUT2D eigenvalue weighted by Gasteiger charge is -2.32. The molecule has 0 saturated carbocycles. The van der Waals surface area contributed by atoms with Crippen LogP contribution < -0.4 is 21.1 Å². The summed E-state index contributed by atoms with van der Waals surface area (Å²) in [7, 11) is 5.54. The van der Waals surface area contributed by atoms with Crippen molar-refractivity contribution in [1.29, 1.82) is 0 Å². The summed E-state index contributed by atoms with van der Waals surface area (Å²) in [6.45, 7) is 5.98. The van der Waals surface area contributed by atoms with Crippen LogP contribution in [-0.4, -0.2) is 72.1 Å². The molecule has 0 radical (unpaired) electrons. The smallest absolute Gasteiger partial charge is 0.254 e. The van der Waals surface area contributed by atoms with Gasteiger partial charge < -0.3 is 26.0 Å². The molecule has 218 valence electrons. The number of hydrogen-bond acceptors (Lipinski definition) is 10. The number of anilines is 4. The second-order valence-corrected chi connectivity index (χ2v) is 9.61. The number of amides is 1. The summed E-state index contributed by atoms with van der Waals surface area (Å²) in [5, 5.41) is 15.2. The fourth-order valence-electron chi connectivity index (χ4n) is 4.81. The van der Waals surface area contributed by atoms with E-state index in [-0.39, 0.29) is 17.3 Å². The Hall–Kier alpha value is -4.52. The molecule has 1 amide bonds. The predicted octanol–water partition coefficient (Wildman–Crippen LogP) is 3.96. The zero-order valence-electron chi connectivity index (χ0n) is 24.3. The van der Waals surface area contributed by atoms with Crippen molar-refractivity contribution in [3.8, 4) is 17.1 Å². The molecule has 4 aromatic rings. The van der Waals surface area contributed by atoms with Gasteiger partial charge in [-0.1, -0.05) is 26.3 Å². The van der Waals surface area contributed by atoms with Crippen LogP contribution in [-0.2, 0) is 13.6 Å². The van der Waals surface area contributed by atoms with E-state index in [2.05, 4.69) is 47.7 Å². The van der Waals surface area contributed by atoms with Gasteiger partial charge in [0.15, 0.2) is 11.6 Å². The molecule has 4 N–H and O–H groups in total. The van der Waals surface area contributed by atoms with Gasteiger partial charge in [-0.2, -0.15) is 15.2 Å². The van der Waals surface area contributed by atoms with Gasteiger partial charge in [0.1, 0.15) is 17.7 Å². The Bertz CT molecular complexity index is 1450. The molecule has 1 atom stereocenters. The largest absolute Gasteiger partial charge is 0.494 e. The molecule has 1 saturated heterocycles. The summed E-state index contributed by atoms with van der Waals surface area (Å²) in [4.78, 5) is 27.7. The first-order valence-corrected chi connectivity index (χ1v) is 13.9. The van der Waals surface area contributed by atoms with E-state index in [1.165, 1.54) is 25.5 Å². The van der Waals surface area contributed by atoms with E-state index in [1.807, 2.05) is 36.9 Å². The first-order valence-electron chi connectivity index (χ1n) is 13.9. The Labute approximate surface area is 240 Å². The minimum atomic E-state index is -0.661. The molecule has 41 heavy (non-hydrogen) atoms. The highest BCUT2D eigenvalue weighted by Gasteiger charge is 2.20. The zero-order valence-corrected chi connectivity index (χ0v) is 24.3. The molecule has 3 aromatic heterocycles. The quantitative estimate of drug-likeness (QED) is 0.259. The van der Waals surface area contributed by atoms with E-state index in [0.29, 0.717) is 28.9 Å². The maximum atomic E-state index is 12.2. The highest BCUT2D eigenvalue weighted by Crippen LogP contribution is 2.36. The summed E-state index contributed by atoms with van der Waals surface area (Å²) < 4.78 is 9.20. The van der Waals surface area contributed by atoms with Crippen molar-refractivity contribution in [2.24, 2.45) is 12.8 Å². The third-order valence-corrected chi connectivity index (χ3v) is 6.87. The average molecular weight is 562 g/mol. The van der Waals surface area contributed by atoms with Crippen LogP contribution in [0.5, 0.6) is 5.75 Å². The molecule has 13 heteroatoms. The number of nitrogens with zero attached hydrogens (tertiary/aromatic N) is 8. The molecule has 1 aliphatic rings. The first-order chi connectivity index (χ1) is 19.9. The van der Waals surface area contributed by atoms with Gasteiger partial charge in [0.25, 0.3) is 5.91 Å². The number of primary amides is 1. The summed E-state index contributed by atoms with van der Waals surface area (Å²) in [5.74, 6) is 0.862. The number of methoxy groups -OCH3 is 1. The fraction of sp³-hybridized carbons (Fsp3) is 0.429. The highest BCUT2D eigenvalue weighted by molar-refractivity contribution is 5.98. The maximum Gasteiger partial charge on any atom is 0.254 e. The van der Waals surface area contributed by atoms with Crippen molar-refractivity contribution in [3.05, 3.63) is 48.7 Å². The summed E-state index contributed by atoms with van der Waals surface area (Å²) >= 11 is 0. The minimum Gasteiger partial charge on any atom is -0.494 e. The lowest BCUT2D eigenvalue weighted by atomic mass is 10.0. The van der Waals surface area contributed by atoms with Crippen LogP contribution in [0.15, 0.2) is 43.1 Å². The van der Waals surface area contributed by atoms with Gasteiger partial charge in [0.05, 0.1) is 30.2 Å². The van der Waals surface area contributed by atoms with Crippen molar-refractivity contribution in [2.45, 2.75) is 52.1 Å². The van der Waals surface area contributed by atoms with Crippen LogP contribution in [0.1, 0.15) is 49.9 Å². The van der Waals surface area contributed by atoms with E-state index in [0.717, 1.165) is 25.2 Å². The molecule has 1 fully saturated rings. The van der Waals surface area contributed by atoms with Gasteiger partial charge in [-0.05, 0) is 45.0 Å². The van der Waals surface area contributed by atoms with Crippen molar-refractivity contribution < 1.29 is 9.53 Å². The Kier molecular flexibility index (Phi) is 9.85. The molecule has 4 heterocycles. The molecule has 5 rings (SSSR count). The summed E-state index contributed by atoms with van der Waals surface area (Å²) in [5.41, 5.74) is 7.75. The topological polar surface area (TPSA) is 154 Å². The maximum absolute atomic E-state index is 12.2. The lowest BCUT2D eigenvalue weighted by molar-refractivity contribution is 0.100. The van der Waals surface area contributed by atoms with Gasteiger partial charge in [-0.3, -0.25) is 14.2 Å². The number of ether oxygens (including phenoxy) is 1. The summed E-state index contributed by atoms with van der Waals surface area (Å²) in [6, 6.07) is 6.08. The number of rotatable bonds is 10. The van der Waals surface area contributed by atoms with Crippen LogP contribution in [0.3, 0.4) is 0 Å². The van der Waals surface area contributed by atoms with Crippen LogP contribution in [0, 0.1) is 0 Å². The highest BCUT2D eigenvalue weighted by atomic mass is 16.5.